The fraction of sp³-hybridized carbons (Fsp3) is 0.391. The fourth-order valence-corrected chi connectivity index (χ4v) is 4.37. The molecule has 0 aliphatic heterocycles. The highest BCUT2D eigenvalue weighted by atomic mass is 16.5. The molecule has 0 bridgehead atoms. The Morgan fingerprint density at radius 1 is 1.17 bits per heavy atom. The van der Waals surface area contributed by atoms with Crippen molar-refractivity contribution in [1.82, 2.24) is 14.5 Å². The molecular weight excluding hydrogens is 366 g/mol. The molecule has 0 saturated heterocycles. The highest BCUT2D eigenvalue weighted by Gasteiger charge is 2.30. The molecular formula is C23H27N3O3. The smallest absolute Gasteiger partial charge is 0.258 e. The maximum absolute atomic E-state index is 13.7. The van der Waals surface area contributed by atoms with Crippen LogP contribution in [0.1, 0.15) is 47.2 Å². The molecule has 1 fully saturated rings. The zero-order valence-corrected chi connectivity index (χ0v) is 17.2. The number of para-hydroxylation sites is 1. The van der Waals surface area contributed by atoms with Crippen molar-refractivity contribution in [3.63, 3.8) is 0 Å². The van der Waals surface area contributed by atoms with Gasteiger partial charge in [0.1, 0.15) is 0 Å². The minimum Gasteiger partial charge on any atom is -0.493 e. The predicted octanol–water partition coefficient (Wildman–Crippen LogP) is 4.24. The Bertz CT molecular complexity index is 1020. The summed E-state index contributed by atoms with van der Waals surface area (Å²) in [6.07, 6.45) is 7.92. The van der Waals surface area contributed by atoms with Crippen LogP contribution in [0.25, 0.3) is 5.52 Å². The summed E-state index contributed by atoms with van der Waals surface area (Å²) in [4.78, 5) is 15.7. The number of fused-ring (bicyclic) bond motifs is 1. The first-order valence-corrected chi connectivity index (χ1v) is 10.1. The number of carbonyl (C=O) groups excluding carboxylic acids is 1. The number of amides is 1. The highest BCUT2D eigenvalue weighted by molar-refractivity contribution is 6.01. The maximum Gasteiger partial charge on any atom is 0.258 e. The SMILES string of the molecule is COc1cccc(CN(C(=O)c2cnn3cccc(C)c23)C2CCCC2)c1OC. The second kappa shape index (κ2) is 8.15. The van der Waals surface area contributed by atoms with Gasteiger partial charge in [-0.2, -0.15) is 5.10 Å². The van der Waals surface area contributed by atoms with E-state index in [1.54, 1.807) is 24.9 Å². The Morgan fingerprint density at radius 2 is 1.97 bits per heavy atom. The normalized spacial score (nSPS) is 14.3. The van der Waals surface area contributed by atoms with E-state index in [4.69, 9.17) is 9.47 Å². The lowest BCUT2D eigenvalue weighted by Gasteiger charge is -2.30. The van der Waals surface area contributed by atoms with Crippen LogP contribution in [-0.2, 0) is 6.54 Å². The molecule has 4 rings (SSSR count). The van der Waals surface area contributed by atoms with Gasteiger partial charge in [-0.3, -0.25) is 4.79 Å². The second-order valence-corrected chi connectivity index (χ2v) is 7.57. The first-order valence-electron chi connectivity index (χ1n) is 10.1. The molecule has 1 saturated carbocycles. The zero-order chi connectivity index (χ0) is 20.4. The largest absolute Gasteiger partial charge is 0.493 e. The molecule has 0 N–H and O–H groups in total. The van der Waals surface area contributed by atoms with Gasteiger partial charge in [-0.05, 0) is 37.5 Å². The van der Waals surface area contributed by atoms with E-state index < -0.39 is 0 Å². The van der Waals surface area contributed by atoms with Crippen molar-refractivity contribution in [2.24, 2.45) is 0 Å². The molecule has 1 aliphatic carbocycles. The maximum atomic E-state index is 13.7. The molecule has 1 amide bonds. The van der Waals surface area contributed by atoms with Gasteiger partial charge in [-0.25, -0.2) is 4.52 Å². The average molecular weight is 393 g/mol. The van der Waals surface area contributed by atoms with Crippen LogP contribution in [0.15, 0.2) is 42.7 Å². The molecule has 6 nitrogen and oxygen atoms in total. The quantitative estimate of drug-likeness (QED) is 0.628. The molecule has 0 unspecified atom stereocenters. The molecule has 2 aromatic heterocycles. The molecule has 2 heterocycles. The number of ether oxygens (including phenoxy) is 2. The number of pyridine rings is 1. The fourth-order valence-electron chi connectivity index (χ4n) is 4.37. The first-order chi connectivity index (χ1) is 14.1. The number of aryl methyl sites for hydroxylation is 1. The molecule has 1 aromatic carbocycles. The third kappa shape index (κ3) is 3.55. The molecule has 3 aromatic rings. The highest BCUT2D eigenvalue weighted by Crippen LogP contribution is 2.34. The minimum absolute atomic E-state index is 0.0195. The van der Waals surface area contributed by atoms with E-state index >= 15 is 0 Å². The Morgan fingerprint density at radius 3 is 2.69 bits per heavy atom. The first kappa shape index (κ1) is 19.3. The van der Waals surface area contributed by atoms with Crippen molar-refractivity contribution in [1.29, 1.82) is 0 Å². The van der Waals surface area contributed by atoms with E-state index in [0.717, 1.165) is 42.3 Å². The number of aromatic nitrogens is 2. The standard InChI is InChI=1S/C23H27N3O3/c1-16-8-7-13-26-21(16)19(14-24-26)23(27)25(18-10-4-5-11-18)15-17-9-6-12-20(28-2)22(17)29-3/h6-9,12-14,18H,4-5,10-11,15H2,1-3H3. The van der Waals surface area contributed by atoms with Crippen molar-refractivity contribution in [3.05, 3.63) is 59.4 Å². The van der Waals surface area contributed by atoms with Gasteiger partial charge in [-0.15, -0.1) is 0 Å². The van der Waals surface area contributed by atoms with E-state index in [-0.39, 0.29) is 11.9 Å². The van der Waals surface area contributed by atoms with Crippen LogP contribution in [0.3, 0.4) is 0 Å². The van der Waals surface area contributed by atoms with Gasteiger partial charge in [0.2, 0.25) is 0 Å². The van der Waals surface area contributed by atoms with Gasteiger partial charge in [0.25, 0.3) is 5.91 Å². The van der Waals surface area contributed by atoms with Crippen molar-refractivity contribution in [3.8, 4) is 11.5 Å². The lowest BCUT2D eigenvalue weighted by molar-refractivity contribution is 0.0664. The molecule has 29 heavy (non-hydrogen) atoms. The molecule has 152 valence electrons. The van der Waals surface area contributed by atoms with E-state index in [1.165, 1.54) is 0 Å². The van der Waals surface area contributed by atoms with E-state index in [2.05, 4.69) is 5.10 Å². The van der Waals surface area contributed by atoms with Crippen LogP contribution < -0.4 is 9.47 Å². The van der Waals surface area contributed by atoms with Crippen LogP contribution >= 0.6 is 0 Å². The third-order valence-electron chi connectivity index (χ3n) is 5.82. The predicted molar refractivity (Wildman–Crippen MR) is 112 cm³/mol. The molecule has 6 heteroatoms. The Kier molecular flexibility index (Phi) is 5.43. The molecule has 1 aliphatic rings. The Hall–Kier alpha value is -3.02. The van der Waals surface area contributed by atoms with Crippen LogP contribution in [0.5, 0.6) is 11.5 Å². The van der Waals surface area contributed by atoms with Crippen LogP contribution in [0.4, 0.5) is 0 Å². The van der Waals surface area contributed by atoms with Crippen molar-refractivity contribution < 1.29 is 14.3 Å². The van der Waals surface area contributed by atoms with E-state index in [1.807, 2.05) is 48.4 Å². The van der Waals surface area contributed by atoms with Gasteiger partial charge in [0.15, 0.2) is 11.5 Å². The van der Waals surface area contributed by atoms with Crippen LogP contribution in [-0.4, -0.2) is 40.7 Å². The number of carbonyl (C=O) groups is 1. The lowest BCUT2D eigenvalue weighted by atomic mass is 10.1. The number of hydrogen-bond acceptors (Lipinski definition) is 4. The summed E-state index contributed by atoms with van der Waals surface area (Å²) in [5, 5.41) is 4.40. The molecule has 0 radical (unpaired) electrons. The van der Waals surface area contributed by atoms with Gasteiger partial charge >= 0.3 is 0 Å². The summed E-state index contributed by atoms with van der Waals surface area (Å²) >= 11 is 0. The molecule has 0 atom stereocenters. The lowest BCUT2D eigenvalue weighted by Crippen LogP contribution is -2.38. The number of nitrogens with zero attached hydrogens (tertiary/aromatic N) is 3. The zero-order valence-electron chi connectivity index (χ0n) is 17.2. The summed E-state index contributed by atoms with van der Waals surface area (Å²) in [5.41, 5.74) is 3.51. The third-order valence-corrected chi connectivity index (χ3v) is 5.82. The summed E-state index contributed by atoms with van der Waals surface area (Å²) in [6.45, 7) is 2.49. The Balaban J connectivity index is 1.74. The number of benzene rings is 1. The van der Waals surface area contributed by atoms with Gasteiger partial charge < -0.3 is 14.4 Å². The van der Waals surface area contributed by atoms with Crippen LogP contribution in [0, 0.1) is 6.92 Å². The van der Waals surface area contributed by atoms with Gasteiger partial charge in [0, 0.05) is 17.8 Å². The van der Waals surface area contributed by atoms with E-state index in [9.17, 15) is 4.79 Å². The topological polar surface area (TPSA) is 56.1 Å². The van der Waals surface area contributed by atoms with Crippen molar-refractivity contribution >= 4 is 11.4 Å². The minimum atomic E-state index is 0.0195. The van der Waals surface area contributed by atoms with E-state index in [0.29, 0.717) is 23.6 Å². The number of hydrogen-bond donors (Lipinski definition) is 0. The second-order valence-electron chi connectivity index (χ2n) is 7.57. The average Bonchev–Trinajstić information content (AvgIpc) is 3.41. The summed E-state index contributed by atoms with van der Waals surface area (Å²) in [7, 11) is 3.26. The van der Waals surface area contributed by atoms with Gasteiger partial charge in [-0.1, -0.05) is 31.0 Å². The molecule has 0 spiro atoms. The Labute approximate surface area is 171 Å². The summed E-state index contributed by atoms with van der Waals surface area (Å²) in [5.74, 6) is 1.38. The van der Waals surface area contributed by atoms with Crippen molar-refractivity contribution in [2.45, 2.75) is 45.2 Å². The monoisotopic (exact) mass is 393 g/mol. The summed E-state index contributed by atoms with van der Waals surface area (Å²) < 4.78 is 12.8. The summed E-state index contributed by atoms with van der Waals surface area (Å²) in [6, 6.07) is 9.99. The number of methoxy groups -OCH3 is 2. The number of rotatable bonds is 6. The van der Waals surface area contributed by atoms with Crippen LogP contribution in [0.2, 0.25) is 0 Å². The van der Waals surface area contributed by atoms with Crippen molar-refractivity contribution in [2.75, 3.05) is 14.2 Å². The van der Waals surface area contributed by atoms with Gasteiger partial charge in [0.05, 0.1) is 38.0 Å².